The molecule has 1 saturated carbocycles. The van der Waals surface area contributed by atoms with Gasteiger partial charge >= 0.3 is 5.97 Å². The maximum absolute atomic E-state index is 10.8. The van der Waals surface area contributed by atoms with Crippen LogP contribution in [0.3, 0.4) is 0 Å². The van der Waals surface area contributed by atoms with E-state index in [1.54, 1.807) is 0 Å². The van der Waals surface area contributed by atoms with Crippen molar-refractivity contribution < 1.29 is 14.3 Å². The smallest absolute Gasteiger partial charge is 0.330 e. The molecule has 0 bridgehead atoms. The molecule has 0 amide bonds. The molecule has 0 aromatic heterocycles. The Balaban J connectivity index is 1.93. The highest BCUT2D eigenvalue weighted by atomic mass is 16.5. The molecule has 0 aliphatic heterocycles. The van der Waals surface area contributed by atoms with Crippen molar-refractivity contribution in [3.63, 3.8) is 0 Å². The highest BCUT2D eigenvalue weighted by molar-refractivity contribution is 5.81. The minimum absolute atomic E-state index is 0.336. The molecule has 0 saturated heterocycles. The Morgan fingerprint density at radius 1 is 1.10 bits per heavy atom. The van der Waals surface area contributed by atoms with E-state index in [4.69, 9.17) is 9.47 Å². The zero-order valence-corrected chi connectivity index (χ0v) is 13.6. The Kier molecular flexibility index (Phi) is 10.2. The van der Waals surface area contributed by atoms with Crippen molar-refractivity contribution in [2.75, 3.05) is 13.2 Å². The van der Waals surface area contributed by atoms with Gasteiger partial charge in [-0.05, 0) is 44.4 Å². The number of unbranched alkanes of at least 4 members (excludes halogenated alkanes) is 3. The van der Waals surface area contributed by atoms with Gasteiger partial charge in [-0.3, -0.25) is 0 Å². The Morgan fingerprint density at radius 3 is 2.48 bits per heavy atom. The summed E-state index contributed by atoms with van der Waals surface area (Å²) in [5, 5.41) is 0. The van der Waals surface area contributed by atoms with E-state index in [-0.39, 0.29) is 5.97 Å². The summed E-state index contributed by atoms with van der Waals surface area (Å²) < 4.78 is 10.9. The molecule has 3 nitrogen and oxygen atoms in total. The van der Waals surface area contributed by atoms with Crippen LogP contribution in [0.15, 0.2) is 12.7 Å². The van der Waals surface area contributed by atoms with Gasteiger partial charge in [0.1, 0.15) is 0 Å². The van der Waals surface area contributed by atoms with Gasteiger partial charge in [-0.15, -0.1) is 0 Å². The summed E-state index contributed by atoms with van der Waals surface area (Å²) in [5.41, 5.74) is 0. The van der Waals surface area contributed by atoms with Crippen molar-refractivity contribution in [1.29, 1.82) is 0 Å². The number of hydrogen-bond donors (Lipinski definition) is 0. The number of ether oxygens (including phenoxy) is 2. The predicted octanol–water partition coefficient (Wildman–Crippen LogP) is 4.65. The predicted molar refractivity (Wildman–Crippen MR) is 86.2 cm³/mol. The van der Waals surface area contributed by atoms with Gasteiger partial charge in [0.15, 0.2) is 0 Å². The van der Waals surface area contributed by atoms with E-state index in [1.165, 1.54) is 57.4 Å². The van der Waals surface area contributed by atoms with Crippen LogP contribution < -0.4 is 0 Å². The van der Waals surface area contributed by atoms with E-state index < -0.39 is 0 Å². The van der Waals surface area contributed by atoms with E-state index in [9.17, 15) is 4.79 Å². The van der Waals surface area contributed by atoms with Crippen LogP contribution in [-0.4, -0.2) is 25.3 Å². The quantitative estimate of drug-likeness (QED) is 0.316. The topological polar surface area (TPSA) is 35.5 Å². The molecule has 0 spiro atoms. The number of carbonyl (C=O) groups excluding carboxylic acids is 1. The molecule has 0 aromatic rings. The molecule has 0 atom stereocenters. The molecule has 0 aromatic carbocycles. The number of carbonyl (C=O) groups is 1. The minimum Gasteiger partial charge on any atom is -0.463 e. The van der Waals surface area contributed by atoms with E-state index in [2.05, 4.69) is 13.5 Å². The lowest BCUT2D eigenvalue weighted by molar-refractivity contribution is -0.137. The van der Waals surface area contributed by atoms with Crippen LogP contribution in [0.5, 0.6) is 0 Å². The Hall–Kier alpha value is -0.830. The van der Waals surface area contributed by atoms with Crippen LogP contribution in [0.1, 0.15) is 71.1 Å². The van der Waals surface area contributed by atoms with Gasteiger partial charge in [0.2, 0.25) is 0 Å². The monoisotopic (exact) mass is 296 g/mol. The number of hydrogen-bond acceptors (Lipinski definition) is 3. The lowest BCUT2D eigenvalue weighted by Gasteiger charge is -2.28. The van der Waals surface area contributed by atoms with Gasteiger partial charge in [0, 0.05) is 12.7 Å². The molecule has 1 fully saturated rings. The largest absolute Gasteiger partial charge is 0.463 e. The van der Waals surface area contributed by atoms with Gasteiger partial charge in [-0.2, -0.15) is 0 Å². The van der Waals surface area contributed by atoms with Gasteiger partial charge < -0.3 is 9.47 Å². The van der Waals surface area contributed by atoms with Gasteiger partial charge in [-0.25, -0.2) is 4.79 Å². The highest BCUT2D eigenvalue weighted by Gasteiger charge is 2.20. The van der Waals surface area contributed by atoms with Crippen molar-refractivity contribution in [1.82, 2.24) is 0 Å². The lowest BCUT2D eigenvalue weighted by atomic mass is 9.84. The minimum atomic E-state index is -0.336. The van der Waals surface area contributed by atoms with E-state index in [0.717, 1.165) is 25.4 Å². The summed E-state index contributed by atoms with van der Waals surface area (Å²) in [7, 11) is 0. The Morgan fingerprint density at radius 2 is 1.81 bits per heavy atom. The molecule has 21 heavy (non-hydrogen) atoms. The molecule has 0 heterocycles. The number of rotatable bonds is 11. The first-order valence-corrected chi connectivity index (χ1v) is 8.67. The van der Waals surface area contributed by atoms with Crippen LogP contribution in [0, 0.1) is 5.92 Å². The molecule has 0 radical (unpaired) electrons. The van der Waals surface area contributed by atoms with E-state index >= 15 is 0 Å². The fourth-order valence-electron chi connectivity index (χ4n) is 2.96. The first-order valence-electron chi connectivity index (χ1n) is 8.67. The third-order valence-corrected chi connectivity index (χ3v) is 4.31. The summed E-state index contributed by atoms with van der Waals surface area (Å²) in [6, 6.07) is 0. The lowest BCUT2D eigenvalue weighted by Crippen LogP contribution is -2.22. The zero-order valence-electron chi connectivity index (χ0n) is 13.6. The van der Waals surface area contributed by atoms with Gasteiger partial charge in [0.05, 0.1) is 12.7 Å². The summed E-state index contributed by atoms with van der Waals surface area (Å²) in [4.78, 5) is 10.8. The second-order valence-electron chi connectivity index (χ2n) is 6.09. The fraction of sp³-hybridized carbons (Fsp3) is 0.833. The molecule has 122 valence electrons. The van der Waals surface area contributed by atoms with E-state index in [1.807, 2.05) is 0 Å². The molecule has 0 unspecified atom stereocenters. The maximum Gasteiger partial charge on any atom is 0.330 e. The van der Waals surface area contributed by atoms with Crippen molar-refractivity contribution >= 4 is 5.97 Å². The summed E-state index contributed by atoms with van der Waals surface area (Å²) in [6.45, 7) is 6.89. The first-order chi connectivity index (χ1) is 10.3. The fourth-order valence-corrected chi connectivity index (χ4v) is 2.96. The molecule has 1 aliphatic carbocycles. The van der Waals surface area contributed by atoms with E-state index in [0.29, 0.717) is 12.7 Å². The molecular formula is C18H32O3. The second-order valence-corrected chi connectivity index (χ2v) is 6.09. The van der Waals surface area contributed by atoms with Crippen molar-refractivity contribution in [2.24, 2.45) is 5.92 Å². The average molecular weight is 296 g/mol. The normalized spacial score (nSPS) is 22.0. The molecular weight excluding hydrogens is 264 g/mol. The average Bonchev–Trinajstić information content (AvgIpc) is 2.52. The van der Waals surface area contributed by atoms with Crippen molar-refractivity contribution in [3.8, 4) is 0 Å². The Labute approximate surface area is 130 Å². The third-order valence-electron chi connectivity index (χ3n) is 4.31. The highest BCUT2D eigenvalue weighted by Crippen LogP contribution is 2.30. The third kappa shape index (κ3) is 8.92. The standard InChI is InChI=1S/C18H32O3/c1-3-5-6-9-16-10-12-17(13-11-16)20-14-7-8-15-21-18(19)4-2/h4,16-17H,2-3,5-15H2,1H3. The summed E-state index contributed by atoms with van der Waals surface area (Å²) in [6.07, 6.45) is 14.1. The van der Waals surface area contributed by atoms with Crippen LogP contribution in [0.25, 0.3) is 0 Å². The molecule has 1 aliphatic rings. The first kappa shape index (κ1) is 18.2. The summed E-state index contributed by atoms with van der Waals surface area (Å²) >= 11 is 0. The van der Waals surface area contributed by atoms with Crippen LogP contribution in [0.2, 0.25) is 0 Å². The Bertz CT molecular complexity index is 280. The molecule has 3 heteroatoms. The van der Waals surface area contributed by atoms with Crippen molar-refractivity contribution in [2.45, 2.75) is 77.2 Å². The number of esters is 1. The summed E-state index contributed by atoms with van der Waals surface area (Å²) in [5.74, 6) is 0.604. The van der Waals surface area contributed by atoms with Crippen molar-refractivity contribution in [3.05, 3.63) is 12.7 Å². The van der Waals surface area contributed by atoms with Crippen LogP contribution in [0.4, 0.5) is 0 Å². The van der Waals surface area contributed by atoms with Crippen LogP contribution in [-0.2, 0) is 14.3 Å². The zero-order chi connectivity index (χ0) is 15.3. The van der Waals surface area contributed by atoms with Crippen LogP contribution >= 0.6 is 0 Å². The SMILES string of the molecule is C=CC(=O)OCCCCOC1CCC(CCCCC)CC1. The molecule has 0 N–H and O–H groups in total. The second kappa shape index (κ2) is 11.8. The maximum atomic E-state index is 10.8. The van der Waals surface area contributed by atoms with Gasteiger partial charge in [0.25, 0.3) is 0 Å². The van der Waals surface area contributed by atoms with Gasteiger partial charge in [-0.1, -0.05) is 39.2 Å². The molecule has 1 rings (SSSR count).